The number of amides is 3. The lowest BCUT2D eigenvalue weighted by Crippen LogP contribution is -2.38. The first-order valence-corrected chi connectivity index (χ1v) is 10.5. The van der Waals surface area contributed by atoms with E-state index in [1.54, 1.807) is 18.2 Å². The number of aryl methyl sites for hydroxylation is 1. The highest BCUT2D eigenvalue weighted by molar-refractivity contribution is 9.10. The van der Waals surface area contributed by atoms with Gasteiger partial charge in [-0.25, -0.2) is 5.43 Å². The minimum Gasteiger partial charge on any atom is -0.483 e. The van der Waals surface area contributed by atoms with Gasteiger partial charge in [-0.05, 0) is 55.7 Å². The number of anilines is 1. The summed E-state index contributed by atoms with van der Waals surface area (Å²) < 4.78 is 6.40. The molecule has 0 aromatic heterocycles. The Morgan fingerprint density at radius 3 is 2.65 bits per heavy atom. The summed E-state index contributed by atoms with van der Waals surface area (Å²) >= 11 is 3.36. The predicted octanol–water partition coefficient (Wildman–Crippen LogP) is 3.06. The molecule has 8 nitrogen and oxygen atoms in total. The third-order valence-corrected chi connectivity index (χ3v) is 4.81. The largest absolute Gasteiger partial charge is 0.483 e. The van der Waals surface area contributed by atoms with E-state index in [-0.39, 0.29) is 12.5 Å². The number of ether oxygens (including phenoxy) is 1. The molecule has 0 saturated heterocycles. The van der Waals surface area contributed by atoms with Crippen molar-refractivity contribution in [3.8, 4) is 5.75 Å². The van der Waals surface area contributed by atoms with Crippen LogP contribution in [0.1, 0.15) is 30.0 Å². The van der Waals surface area contributed by atoms with Crippen LogP contribution in [0.2, 0.25) is 0 Å². The number of nitrogens with one attached hydrogen (secondary N) is 3. The Morgan fingerprint density at radius 2 is 1.90 bits per heavy atom. The van der Waals surface area contributed by atoms with Crippen molar-refractivity contribution in [1.29, 1.82) is 0 Å². The second kappa shape index (κ2) is 11.8. The summed E-state index contributed by atoms with van der Waals surface area (Å²) in [4.78, 5) is 35.6. The Kier molecular flexibility index (Phi) is 9.20. The van der Waals surface area contributed by atoms with E-state index in [0.29, 0.717) is 17.9 Å². The van der Waals surface area contributed by atoms with E-state index in [0.717, 1.165) is 27.7 Å². The molecule has 0 spiro atoms. The van der Waals surface area contributed by atoms with Crippen molar-refractivity contribution in [2.75, 3.05) is 18.5 Å². The Hall–Kier alpha value is -3.20. The van der Waals surface area contributed by atoms with Crippen molar-refractivity contribution in [3.63, 3.8) is 0 Å². The molecule has 2 rings (SSSR count). The fourth-order valence-corrected chi connectivity index (χ4v) is 2.88. The highest BCUT2D eigenvalue weighted by Gasteiger charge is 2.12. The van der Waals surface area contributed by atoms with Gasteiger partial charge < -0.3 is 15.4 Å². The lowest BCUT2D eigenvalue weighted by Gasteiger charge is -2.12. The third kappa shape index (κ3) is 7.53. The first-order chi connectivity index (χ1) is 14.8. The lowest BCUT2D eigenvalue weighted by molar-refractivity contribution is -0.139. The summed E-state index contributed by atoms with van der Waals surface area (Å²) in [6.07, 6.45) is 2.06. The van der Waals surface area contributed by atoms with Crippen LogP contribution in [-0.4, -0.2) is 37.1 Å². The van der Waals surface area contributed by atoms with Gasteiger partial charge in [0, 0.05) is 22.3 Å². The van der Waals surface area contributed by atoms with Gasteiger partial charge in [0.2, 0.25) is 0 Å². The fourth-order valence-electron chi connectivity index (χ4n) is 2.50. The summed E-state index contributed by atoms with van der Waals surface area (Å²) in [6.45, 7) is 5.99. The zero-order chi connectivity index (χ0) is 22.8. The molecular weight excluding hydrogens is 464 g/mol. The molecule has 0 fully saturated rings. The standard InChI is InChI=1S/C22H25BrN4O4/c1-4-10-24-21(29)22(30)27-25-12-16-11-17(23)8-9-19(16)31-13-20(28)26-18-7-5-6-14(2)15(18)3/h5-9,11-12H,4,10,13H2,1-3H3,(H,24,29)(H,26,28)(H,27,30)/b25-12-. The molecule has 0 radical (unpaired) electrons. The number of halogens is 1. The van der Waals surface area contributed by atoms with E-state index >= 15 is 0 Å². The first kappa shape index (κ1) is 24.1. The number of hydrogen-bond donors (Lipinski definition) is 3. The zero-order valence-electron chi connectivity index (χ0n) is 17.6. The lowest BCUT2D eigenvalue weighted by atomic mass is 10.1. The number of hydrazone groups is 1. The number of carbonyl (C=O) groups is 3. The molecule has 0 aliphatic rings. The van der Waals surface area contributed by atoms with E-state index < -0.39 is 11.8 Å². The molecule has 3 N–H and O–H groups in total. The molecule has 2 aromatic rings. The molecule has 2 aromatic carbocycles. The maximum Gasteiger partial charge on any atom is 0.329 e. The predicted molar refractivity (Wildman–Crippen MR) is 123 cm³/mol. The van der Waals surface area contributed by atoms with Gasteiger partial charge in [0.1, 0.15) is 5.75 Å². The molecule has 31 heavy (non-hydrogen) atoms. The van der Waals surface area contributed by atoms with Crippen molar-refractivity contribution < 1.29 is 19.1 Å². The summed E-state index contributed by atoms with van der Waals surface area (Å²) in [7, 11) is 0. The van der Waals surface area contributed by atoms with Crippen molar-refractivity contribution in [2.45, 2.75) is 27.2 Å². The second-order valence-electron chi connectivity index (χ2n) is 6.72. The minimum absolute atomic E-state index is 0.207. The van der Waals surface area contributed by atoms with Crippen molar-refractivity contribution >= 4 is 45.6 Å². The zero-order valence-corrected chi connectivity index (χ0v) is 19.2. The molecule has 0 atom stereocenters. The molecule has 0 bridgehead atoms. The molecule has 3 amide bonds. The maximum atomic E-state index is 12.3. The molecule has 0 heterocycles. The summed E-state index contributed by atoms with van der Waals surface area (Å²) in [5.74, 6) is -1.53. The highest BCUT2D eigenvalue weighted by Crippen LogP contribution is 2.22. The average molecular weight is 489 g/mol. The van der Waals surface area contributed by atoms with Gasteiger partial charge in [0.15, 0.2) is 6.61 Å². The van der Waals surface area contributed by atoms with Gasteiger partial charge in [0.25, 0.3) is 5.91 Å². The topological polar surface area (TPSA) is 109 Å². The van der Waals surface area contributed by atoms with E-state index in [2.05, 4.69) is 37.1 Å². The Balaban J connectivity index is 1.99. The minimum atomic E-state index is -0.866. The Bertz CT molecular complexity index is 991. The molecule has 0 saturated carbocycles. The molecular formula is C22H25BrN4O4. The molecule has 164 valence electrons. The average Bonchev–Trinajstić information content (AvgIpc) is 2.74. The fraction of sp³-hybridized carbons (Fsp3) is 0.273. The van der Waals surface area contributed by atoms with Gasteiger partial charge in [-0.1, -0.05) is 35.0 Å². The van der Waals surface area contributed by atoms with Gasteiger partial charge in [0.05, 0.1) is 6.21 Å². The van der Waals surface area contributed by atoms with E-state index in [1.807, 2.05) is 39.0 Å². The van der Waals surface area contributed by atoms with Crippen LogP contribution in [0, 0.1) is 13.8 Å². The first-order valence-electron chi connectivity index (χ1n) is 9.71. The van der Waals surface area contributed by atoms with Gasteiger partial charge >= 0.3 is 11.8 Å². The van der Waals surface area contributed by atoms with Crippen LogP contribution in [0.15, 0.2) is 46.0 Å². The molecule has 0 unspecified atom stereocenters. The van der Waals surface area contributed by atoms with Crippen LogP contribution in [0.25, 0.3) is 0 Å². The monoisotopic (exact) mass is 488 g/mol. The van der Waals surface area contributed by atoms with Crippen molar-refractivity contribution in [2.24, 2.45) is 5.10 Å². The molecule has 0 aliphatic heterocycles. The number of rotatable bonds is 8. The SMILES string of the molecule is CCCNC(=O)C(=O)N/N=C\c1cc(Br)ccc1OCC(=O)Nc1cccc(C)c1C. The summed E-state index contributed by atoms with van der Waals surface area (Å²) in [5.41, 5.74) is 5.48. The molecule has 0 aliphatic carbocycles. The van der Waals surface area contributed by atoms with Gasteiger partial charge in [-0.3, -0.25) is 14.4 Å². The van der Waals surface area contributed by atoms with Crippen molar-refractivity contribution in [3.05, 3.63) is 57.6 Å². The molecule has 9 heteroatoms. The number of hydrogen-bond acceptors (Lipinski definition) is 5. The van der Waals surface area contributed by atoms with Gasteiger partial charge in [-0.15, -0.1) is 0 Å². The third-order valence-electron chi connectivity index (χ3n) is 4.32. The van der Waals surface area contributed by atoms with Crippen molar-refractivity contribution in [1.82, 2.24) is 10.7 Å². The van der Waals surface area contributed by atoms with Crippen LogP contribution in [-0.2, 0) is 14.4 Å². The quantitative estimate of drug-likeness (QED) is 0.301. The second-order valence-corrected chi connectivity index (χ2v) is 7.64. The normalized spacial score (nSPS) is 10.6. The van der Waals surface area contributed by atoms with Crippen LogP contribution in [0.4, 0.5) is 5.69 Å². The van der Waals surface area contributed by atoms with E-state index in [9.17, 15) is 14.4 Å². The number of nitrogens with zero attached hydrogens (tertiary/aromatic N) is 1. The van der Waals surface area contributed by atoms with Gasteiger partial charge in [-0.2, -0.15) is 5.10 Å². The number of benzene rings is 2. The van der Waals surface area contributed by atoms with Crippen LogP contribution in [0.5, 0.6) is 5.75 Å². The maximum absolute atomic E-state index is 12.3. The van der Waals surface area contributed by atoms with E-state index in [1.165, 1.54) is 6.21 Å². The Morgan fingerprint density at radius 1 is 1.13 bits per heavy atom. The summed E-state index contributed by atoms with van der Waals surface area (Å²) in [6, 6.07) is 10.8. The van der Waals surface area contributed by atoms with E-state index in [4.69, 9.17) is 4.74 Å². The number of carbonyl (C=O) groups excluding carboxylic acids is 3. The van der Waals surface area contributed by atoms with Crippen LogP contribution in [0.3, 0.4) is 0 Å². The Labute approximate surface area is 189 Å². The summed E-state index contributed by atoms with van der Waals surface area (Å²) in [5, 5.41) is 9.09. The highest BCUT2D eigenvalue weighted by atomic mass is 79.9. The smallest absolute Gasteiger partial charge is 0.329 e. The van der Waals surface area contributed by atoms with Crippen LogP contribution >= 0.6 is 15.9 Å². The van der Waals surface area contributed by atoms with Crippen LogP contribution < -0.4 is 20.8 Å².